The Hall–Kier alpha value is -2.13. The minimum Gasteiger partial charge on any atom is -0.497 e. The molecule has 1 aromatic carbocycles. The third-order valence-corrected chi connectivity index (χ3v) is 8.00. The van der Waals surface area contributed by atoms with Crippen molar-refractivity contribution in [3.05, 3.63) is 53.3 Å². The summed E-state index contributed by atoms with van der Waals surface area (Å²) in [4.78, 5) is 20.1. The maximum atomic E-state index is 12.8. The molecule has 2 unspecified atom stereocenters. The Balaban J connectivity index is 1.29. The number of aryl methyl sites for hydroxylation is 2. The molecule has 4 rings (SSSR count). The van der Waals surface area contributed by atoms with Gasteiger partial charge in [-0.05, 0) is 68.0 Å². The maximum Gasteiger partial charge on any atom is 0.248 e. The van der Waals surface area contributed by atoms with E-state index in [0.29, 0.717) is 32.3 Å². The molecule has 0 aliphatic carbocycles. The van der Waals surface area contributed by atoms with Crippen molar-refractivity contribution in [2.45, 2.75) is 50.2 Å². The number of benzene rings is 1. The number of amides is 1. The van der Waals surface area contributed by atoms with Gasteiger partial charge in [-0.15, -0.1) is 0 Å². The van der Waals surface area contributed by atoms with Gasteiger partial charge in [0.15, 0.2) is 0 Å². The molecule has 34 heavy (non-hydrogen) atoms. The van der Waals surface area contributed by atoms with E-state index in [9.17, 15) is 4.79 Å². The summed E-state index contributed by atoms with van der Waals surface area (Å²) in [6, 6.07) is 8.35. The highest BCUT2D eigenvalue weighted by Gasteiger charge is 2.28. The number of nitrogens with zero attached hydrogens (tertiary/aromatic N) is 3. The summed E-state index contributed by atoms with van der Waals surface area (Å²) >= 11 is 1.81. The fraction of sp³-hybridized carbons (Fsp3) is 0.538. The predicted octanol–water partition coefficient (Wildman–Crippen LogP) is 4.19. The number of hydrogen-bond donors (Lipinski definition) is 0. The zero-order valence-corrected chi connectivity index (χ0v) is 21.2. The number of rotatable bonds is 8. The number of morpholine rings is 1. The van der Waals surface area contributed by atoms with E-state index in [1.54, 1.807) is 19.5 Å². The van der Waals surface area contributed by atoms with Crippen LogP contribution >= 0.6 is 11.9 Å². The lowest BCUT2D eigenvalue weighted by Crippen LogP contribution is -2.44. The van der Waals surface area contributed by atoms with E-state index in [2.05, 4.69) is 35.3 Å². The van der Waals surface area contributed by atoms with E-state index < -0.39 is 0 Å². The van der Waals surface area contributed by atoms with Crippen LogP contribution in [-0.4, -0.2) is 72.7 Å². The third kappa shape index (κ3) is 6.30. The van der Waals surface area contributed by atoms with Gasteiger partial charge in [-0.3, -0.25) is 9.78 Å². The van der Waals surface area contributed by atoms with E-state index in [1.807, 2.05) is 29.0 Å². The summed E-state index contributed by atoms with van der Waals surface area (Å²) in [5, 5.41) is 0. The Morgan fingerprint density at radius 2 is 2.06 bits per heavy atom. The van der Waals surface area contributed by atoms with Gasteiger partial charge in [0, 0.05) is 42.0 Å². The first kappa shape index (κ1) is 25.0. The van der Waals surface area contributed by atoms with Gasteiger partial charge in [0.25, 0.3) is 0 Å². The molecule has 3 heterocycles. The van der Waals surface area contributed by atoms with Gasteiger partial charge in [-0.25, -0.2) is 4.31 Å². The van der Waals surface area contributed by atoms with Crippen molar-refractivity contribution in [2.75, 3.05) is 46.6 Å². The molecule has 2 aliphatic rings. The van der Waals surface area contributed by atoms with Crippen LogP contribution in [0.4, 0.5) is 0 Å². The molecule has 0 N–H and O–H groups in total. The molecule has 2 aliphatic heterocycles. The molecule has 2 aromatic rings. The SMILES string of the molecule is COc1cc(C)c(SN2CCCCC2COCC(=O)N2CCOC(c3cccnc3)C2)c(C)c1. The third-order valence-electron chi connectivity index (χ3n) is 6.46. The number of pyridine rings is 1. The van der Waals surface area contributed by atoms with E-state index in [4.69, 9.17) is 14.2 Å². The topological polar surface area (TPSA) is 64.1 Å². The highest BCUT2D eigenvalue weighted by Crippen LogP contribution is 2.36. The van der Waals surface area contributed by atoms with E-state index in [1.165, 1.54) is 28.9 Å². The first-order valence-corrected chi connectivity index (χ1v) is 12.8. The van der Waals surface area contributed by atoms with E-state index in [0.717, 1.165) is 24.3 Å². The molecule has 2 atom stereocenters. The number of methoxy groups -OCH3 is 1. The molecule has 0 radical (unpaired) electrons. The summed E-state index contributed by atoms with van der Waals surface area (Å²) in [6.07, 6.45) is 6.86. The van der Waals surface area contributed by atoms with Crippen molar-refractivity contribution in [1.82, 2.24) is 14.2 Å². The second-order valence-corrected chi connectivity index (χ2v) is 10.0. The lowest BCUT2D eigenvalue weighted by molar-refractivity contribution is -0.144. The molecule has 0 spiro atoms. The molecule has 0 bridgehead atoms. The number of carbonyl (C=O) groups is 1. The molecule has 184 valence electrons. The summed E-state index contributed by atoms with van der Waals surface area (Å²) in [6.45, 7) is 7.61. The van der Waals surface area contributed by atoms with Crippen LogP contribution in [0.3, 0.4) is 0 Å². The van der Waals surface area contributed by atoms with Crippen molar-refractivity contribution in [3.63, 3.8) is 0 Å². The normalized spacial score (nSPS) is 21.4. The van der Waals surface area contributed by atoms with Gasteiger partial charge in [-0.1, -0.05) is 12.5 Å². The number of piperidine rings is 1. The largest absolute Gasteiger partial charge is 0.497 e. The minimum atomic E-state index is -0.132. The highest BCUT2D eigenvalue weighted by molar-refractivity contribution is 7.97. The molecular formula is C26H35N3O4S. The smallest absolute Gasteiger partial charge is 0.248 e. The Morgan fingerprint density at radius 3 is 2.79 bits per heavy atom. The predicted molar refractivity (Wildman–Crippen MR) is 133 cm³/mol. The van der Waals surface area contributed by atoms with E-state index >= 15 is 0 Å². The fourth-order valence-electron chi connectivity index (χ4n) is 4.57. The Bertz CT molecular complexity index is 935. The molecule has 1 amide bonds. The van der Waals surface area contributed by atoms with Gasteiger partial charge < -0.3 is 19.1 Å². The van der Waals surface area contributed by atoms with Crippen LogP contribution < -0.4 is 4.74 Å². The second kappa shape index (κ2) is 12.0. The zero-order valence-electron chi connectivity index (χ0n) is 20.4. The fourth-order valence-corrected chi connectivity index (χ4v) is 5.74. The van der Waals surface area contributed by atoms with Crippen LogP contribution in [0.1, 0.15) is 42.1 Å². The van der Waals surface area contributed by atoms with Crippen LogP contribution in [0, 0.1) is 13.8 Å². The van der Waals surface area contributed by atoms with Crippen LogP contribution in [-0.2, 0) is 14.3 Å². The van der Waals surface area contributed by atoms with Crippen molar-refractivity contribution in [3.8, 4) is 5.75 Å². The van der Waals surface area contributed by atoms with Crippen molar-refractivity contribution < 1.29 is 19.0 Å². The Kier molecular flexibility index (Phi) is 8.83. The van der Waals surface area contributed by atoms with Gasteiger partial charge in [0.05, 0.1) is 26.9 Å². The lowest BCUT2D eigenvalue weighted by atomic mass is 10.1. The number of hydrogen-bond acceptors (Lipinski definition) is 7. The quantitative estimate of drug-likeness (QED) is 0.520. The average molecular weight is 486 g/mol. The van der Waals surface area contributed by atoms with Crippen LogP contribution in [0.25, 0.3) is 0 Å². The molecule has 2 fully saturated rings. The van der Waals surface area contributed by atoms with Crippen molar-refractivity contribution in [1.29, 1.82) is 0 Å². The number of carbonyl (C=O) groups excluding carboxylic acids is 1. The first-order chi connectivity index (χ1) is 16.5. The van der Waals surface area contributed by atoms with E-state index in [-0.39, 0.29) is 18.6 Å². The molecule has 1 aromatic heterocycles. The maximum absolute atomic E-state index is 12.8. The van der Waals surface area contributed by atoms with Crippen molar-refractivity contribution in [2.24, 2.45) is 0 Å². The van der Waals surface area contributed by atoms with Crippen molar-refractivity contribution >= 4 is 17.9 Å². The Morgan fingerprint density at radius 1 is 1.24 bits per heavy atom. The Labute approximate surface area is 206 Å². The average Bonchev–Trinajstić information content (AvgIpc) is 2.87. The molecule has 8 heteroatoms. The standard InChI is InChI=1S/C26H35N3O4S/c1-19-13-23(31-3)14-20(2)26(19)34-29-10-5-4-8-22(29)17-32-18-25(30)28-11-12-33-24(16-28)21-7-6-9-27-15-21/h6-7,9,13-15,22,24H,4-5,8,10-12,16-18H2,1-3H3. The van der Waals surface area contributed by atoms with Gasteiger partial charge >= 0.3 is 0 Å². The van der Waals surface area contributed by atoms with Crippen LogP contribution in [0.5, 0.6) is 5.75 Å². The first-order valence-electron chi connectivity index (χ1n) is 12.0. The molecular weight excluding hydrogens is 450 g/mol. The van der Waals surface area contributed by atoms with Gasteiger partial charge in [0.2, 0.25) is 5.91 Å². The lowest BCUT2D eigenvalue weighted by Gasteiger charge is -2.35. The van der Waals surface area contributed by atoms with Gasteiger partial charge in [0.1, 0.15) is 18.5 Å². The van der Waals surface area contributed by atoms with Crippen LogP contribution in [0.15, 0.2) is 41.6 Å². The number of aromatic nitrogens is 1. The zero-order chi connectivity index (χ0) is 23.9. The summed E-state index contributed by atoms with van der Waals surface area (Å²) in [7, 11) is 1.70. The highest BCUT2D eigenvalue weighted by atomic mass is 32.2. The second-order valence-electron chi connectivity index (χ2n) is 8.97. The minimum absolute atomic E-state index is 0.0223. The van der Waals surface area contributed by atoms with Gasteiger partial charge in [-0.2, -0.15) is 0 Å². The number of ether oxygens (including phenoxy) is 3. The summed E-state index contributed by atoms with van der Waals surface area (Å²) in [5.74, 6) is 0.916. The molecule has 0 saturated carbocycles. The van der Waals surface area contributed by atoms with Crippen LogP contribution in [0.2, 0.25) is 0 Å². The summed E-state index contributed by atoms with van der Waals surface area (Å²) < 4.78 is 19.7. The molecule has 7 nitrogen and oxygen atoms in total. The molecule has 2 saturated heterocycles. The summed E-state index contributed by atoms with van der Waals surface area (Å²) in [5.41, 5.74) is 3.44. The monoisotopic (exact) mass is 485 g/mol.